The van der Waals surface area contributed by atoms with Crippen molar-refractivity contribution >= 4 is 17.9 Å². The van der Waals surface area contributed by atoms with Gasteiger partial charge in [-0.1, -0.05) is 20.8 Å². The summed E-state index contributed by atoms with van der Waals surface area (Å²) in [5.74, 6) is -1.15. The number of amides is 3. The van der Waals surface area contributed by atoms with Crippen LogP contribution in [0.3, 0.4) is 0 Å². The van der Waals surface area contributed by atoms with Crippen molar-refractivity contribution in [1.82, 2.24) is 15.5 Å². The number of rotatable bonds is 4. The maximum Gasteiger partial charge on any atom is 0.318 e. The van der Waals surface area contributed by atoms with Crippen molar-refractivity contribution in [2.75, 3.05) is 13.6 Å². The fourth-order valence-corrected chi connectivity index (χ4v) is 2.43. The van der Waals surface area contributed by atoms with Crippen LogP contribution in [-0.2, 0) is 9.59 Å². The second kappa shape index (κ2) is 6.78. The van der Waals surface area contributed by atoms with Gasteiger partial charge in [0.05, 0.1) is 6.42 Å². The smallest absolute Gasteiger partial charge is 0.318 e. The molecular formula is C14H25N3O4. The van der Waals surface area contributed by atoms with E-state index in [2.05, 4.69) is 10.6 Å². The lowest BCUT2D eigenvalue weighted by atomic mass is 9.85. The largest absolute Gasteiger partial charge is 0.481 e. The molecule has 0 aliphatic carbocycles. The molecule has 0 saturated carbocycles. The van der Waals surface area contributed by atoms with Gasteiger partial charge in [-0.2, -0.15) is 0 Å². The molecular weight excluding hydrogens is 274 g/mol. The first-order valence-corrected chi connectivity index (χ1v) is 7.17. The van der Waals surface area contributed by atoms with Crippen LogP contribution in [-0.4, -0.2) is 53.6 Å². The van der Waals surface area contributed by atoms with Crippen LogP contribution in [0.15, 0.2) is 0 Å². The highest BCUT2D eigenvalue weighted by Gasteiger charge is 2.36. The lowest BCUT2D eigenvalue weighted by Crippen LogP contribution is -2.54. The maximum atomic E-state index is 12.4. The number of likely N-dealkylation sites (tertiary alicyclic amines) is 1. The Bertz CT molecular complexity index is 417. The van der Waals surface area contributed by atoms with Crippen LogP contribution in [0.1, 0.15) is 40.0 Å². The fourth-order valence-electron chi connectivity index (χ4n) is 2.43. The summed E-state index contributed by atoms with van der Waals surface area (Å²) >= 11 is 0. The maximum absolute atomic E-state index is 12.4. The minimum atomic E-state index is -0.959. The van der Waals surface area contributed by atoms with Crippen LogP contribution in [0.2, 0.25) is 0 Å². The molecule has 0 aromatic rings. The van der Waals surface area contributed by atoms with Gasteiger partial charge in [-0.3, -0.25) is 9.59 Å². The number of urea groups is 1. The first-order valence-electron chi connectivity index (χ1n) is 7.17. The molecule has 1 aliphatic rings. The molecule has 2 unspecified atom stereocenters. The molecule has 120 valence electrons. The highest BCUT2D eigenvalue weighted by atomic mass is 16.4. The van der Waals surface area contributed by atoms with Gasteiger partial charge in [0, 0.05) is 19.6 Å². The third-order valence-corrected chi connectivity index (χ3v) is 3.78. The number of carbonyl (C=O) groups is 3. The van der Waals surface area contributed by atoms with E-state index < -0.39 is 18.1 Å². The van der Waals surface area contributed by atoms with E-state index in [0.717, 1.165) is 6.42 Å². The van der Waals surface area contributed by atoms with Crippen molar-refractivity contribution in [3.05, 3.63) is 0 Å². The number of carboxylic acids is 1. The minimum absolute atomic E-state index is 0.145. The zero-order valence-electron chi connectivity index (χ0n) is 13.1. The van der Waals surface area contributed by atoms with E-state index in [1.165, 1.54) is 4.90 Å². The molecule has 0 aromatic heterocycles. The van der Waals surface area contributed by atoms with Gasteiger partial charge in [0.15, 0.2) is 0 Å². The van der Waals surface area contributed by atoms with Gasteiger partial charge in [0.25, 0.3) is 0 Å². The Morgan fingerprint density at radius 2 is 1.95 bits per heavy atom. The minimum Gasteiger partial charge on any atom is -0.481 e. The quantitative estimate of drug-likeness (QED) is 0.715. The molecule has 1 fully saturated rings. The van der Waals surface area contributed by atoms with Gasteiger partial charge < -0.3 is 20.6 Å². The molecule has 7 nitrogen and oxygen atoms in total. The first-order chi connectivity index (χ1) is 9.66. The molecule has 21 heavy (non-hydrogen) atoms. The van der Waals surface area contributed by atoms with E-state index >= 15 is 0 Å². The van der Waals surface area contributed by atoms with Crippen molar-refractivity contribution < 1.29 is 19.5 Å². The van der Waals surface area contributed by atoms with Gasteiger partial charge in [-0.25, -0.2) is 4.79 Å². The van der Waals surface area contributed by atoms with Gasteiger partial charge in [0.1, 0.15) is 6.04 Å². The molecule has 2 atom stereocenters. The van der Waals surface area contributed by atoms with Crippen LogP contribution in [0.4, 0.5) is 4.79 Å². The van der Waals surface area contributed by atoms with Crippen LogP contribution in [0.25, 0.3) is 0 Å². The van der Waals surface area contributed by atoms with Crippen LogP contribution < -0.4 is 10.6 Å². The second-order valence-corrected chi connectivity index (χ2v) is 6.43. The standard InChI is InChI=1S/C14H25N3O4/c1-14(2,3)10(8-11(18)19)16-13(21)17-7-5-6-9(17)12(20)15-4/h9-10H,5-8H2,1-4H3,(H,15,20)(H,16,21)(H,18,19). The van der Waals surface area contributed by atoms with E-state index in [1.807, 2.05) is 20.8 Å². The number of nitrogens with one attached hydrogen (secondary N) is 2. The molecule has 3 amide bonds. The summed E-state index contributed by atoms with van der Waals surface area (Å²) in [5, 5.41) is 14.3. The molecule has 0 spiro atoms. The van der Waals surface area contributed by atoms with Gasteiger partial charge in [-0.05, 0) is 18.3 Å². The van der Waals surface area contributed by atoms with Crippen LogP contribution in [0.5, 0.6) is 0 Å². The number of carboxylic acid groups (broad SMARTS) is 1. The molecule has 1 heterocycles. The Kier molecular flexibility index (Phi) is 5.57. The number of carbonyl (C=O) groups excluding carboxylic acids is 2. The van der Waals surface area contributed by atoms with E-state index in [4.69, 9.17) is 5.11 Å². The summed E-state index contributed by atoms with van der Waals surface area (Å²) < 4.78 is 0. The van der Waals surface area contributed by atoms with E-state index in [-0.39, 0.29) is 23.8 Å². The molecule has 1 aliphatic heterocycles. The average Bonchev–Trinajstić information content (AvgIpc) is 2.84. The highest BCUT2D eigenvalue weighted by Crippen LogP contribution is 2.23. The lowest BCUT2D eigenvalue weighted by Gasteiger charge is -2.33. The van der Waals surface area contributed by atoms with Gasteiger partial charge >= 0.3 is 12.0 Å². The monoisotopic (exact) mass is 299 g/mol. The fraction of sp³-hybridized carbons (Fsp3) is 0.786. The van der Waals surface area contributed by atoms with E-state index in [0.29, 0.717) is 13.0 Å². The Labute approximate surface area is 125 Å². The molecule has 3 N–H and O–H groups in total. The summed E-state index contributed by atoms with van der Waals surface area (Å²) in [7, 11) is 1.54. The summed E-state index contributed by atoms with van der Waals surface area (Å²) in [6, 6.07) is -1.34. The van der Waals surface area contributed by atoms with Crippen molar-refractivity contribution in [2.24, 2.45) is 5.41 Å². The topological polar surface area (TPSA) is 98.7 Å². The molecule has 0 radical (unpaired) electrons. The van der Waals surface area contributed by atoms with Crippen molar-refractivity contribution in [2.45, 2.75) is 52.1 Å². The zero-order chi connectivity index (χ0) is 16.2. The third kappa shape index (κ3) is 4.61. The first kappa shape index (κ1) is 17.3. The van der Waals surface area contributed by atoms with Crippen molar-refractivity contribution in [3.63, 3.8) is 0 Å². The second-order valence-electron chi connectivity index (χ2n) is 6.43. The summed E-state index contributed by atoms with van der Waals surface area (Å²) in [4.78, 5) is 36.6. The Morgan fingerprint density at radius 3 is 2.43 bits per heavy atom. The Morgan fingerprint density at radius 1 is 1.33 bits per heavy atom. The number of hydrogen-bond acceptors (Lipinski definition) is 3. The number of likely N-dealkylation sites (N-methyl/N-ethyl adjacent to an activating group) is 1. The molecule has 7 heteroatoms. The third-order valence-electron chi connectivity index (χ3n) is 3.78. The van der Waals surface area contributed by atoms with E-state index in [1.54, 1.807) is 7.05 Å². The SMILES string of the molecule is CNC(=O)C1CCCN1C(=O)NC(CC(=O)O)C(C)(C)C. The highest BCUT2D eigenvalue weighted by molar-refractivity contribution is 5.87. The zero-order valence-corrected chi connectivity index (χ0v) is 13.1. The van der Waals surface area contributed by atoms with Gasteiger partial charge in [-0.15, -0.1) is 0 Å². The predicted molar refractivity (Wildman–Crippen MR) is 77.8 cm³/mol. The number of aliphatic carboxylic acids is 1. The molecule has 1 saturated heterocycles. The lowest BCUT2D eigenvalue weighted by molar-refractivity contribution is -0.138. The molecule has 1 rings (SSSR count). The normalized spacial score (nSPS) is 20.0. The summed E-state index contributed by atoms with van der Waals surface area (Å²) in [6.45, 7) is 6.14. The Hall–Kier alpha value is -1.79. The van der Waals surface area contributed by atoms with Crippen molar-refractivity contribution in [3.8, 4) is 0 Å². The number of hydrogen-bond donors (Lipinski definition) is 3. The average molecular weight is 299 g/mol. The van der Waals surface area contributed by atoms with E-state index in [9.17, 15) is 14.4 Å². The number of nitrogens with zero attached hydrogens (tertiary/aromatic N) is 1. The van der Waals surface area contributed by atoms with Crippen LogP contribution in [0, 0.1) is 5.41 Å². The summed E-state index contributed by atoms with van der Waals surface area (Å²) in [6.07, 6.45) is 1.25. The van der Waals surface area contributed by atoms with Gasteiger partial charge in [0.2, 0.25) is 5.91 Å². The van der Waals surface area contributed by atoms with Crippen LogP contribution >= 0.6 is 0 Å². The summed E-state index contributed by atoms with van der Waals surface area (Å²) in [5.41, 5.74) is -0.379. The van der Waals surface area contributed by atoms with Crippen molar-refractivity contribution in [1.29, 1.82) is 0 Å². The molecule has 0 bridgehead atoms. The predicted octanol–water partition coefficient (Wildman–Crippen LogP) is 0.796. The Balaban J connectivity index is 2.77. The molecule has 0 aromatic carbocycles.